The summed E-state index contributed by atoms with van der Waals surface area (Å²) in [5, 5.41) is -0.497. The largest absolute Gasteiger partial charge is 0.468 e. The Morgan fingerprint density at radius 3 is 2.94 bits per heavy atom. The maximum Gasteiger partial charge on any atom is 0.325 e. The highest BCUT2D eigenvalue weighted by molar-refractivity contribution is 8.18. The van der Waals surface area contributed by atoms with Crippen molar-refractivity contribution in [2.45, 2.75) is 0 Å². The van der Waals surface area contributed by atoms with Gasteiger partial charge in [-0.3, -0.25) is 19.3 Å². The Kier molecular flexibility index (Phi) is 3.52. The fourth-order valence-electron chi connectivity index (χ4n) is 1.33. The van der Waals surface area contributed by atoms with Gasteiger partial charge in [0.25, 0.3) is 11.1 Å². The van der Waals surface area contributed by atoms with Crippen LogP contribution in [0.1, 0.15) is 5.76 Å². The lowest BCUT2D eigenvalue weighted by molar-refractivity contribution is -0.143. The van der Waals surface area contributed by atoms with E-state index in [0.29, 0.717) is 5.76 Å². The Balaban J connectivity index is 2.16. The van der Waals surface area contributed by atoms with Gasteiger partial charge in [0.15, 0.2) is 0 Å². The van der Waals surface area contributed by atoms with E-state index in [1.807, 2.05) is 0 Å². The number of imide groups is 1. The zero-order valence-corrected chi connectivity index (χ0v) is 10.2. The molecule has 0 aliphatic carbocycles. The molecule has 0 N–H and O–H groups in total. The number of methoxy groups -OCH3 is 1. The highest BCUT2D eigenvalue weighted by Gasteiger charge is 2.36. The lowest BCUT2D eigenvalue weighted by Gasteiger charge is -2.09. The van der Waals surface area contributed by atoms with E-state index in [1.54, 1.807) is 12.1 Å². The molecule has 0 spiro atoms. The van der Waals surface area contributed by atoms with E-state index in [2.05, 4.69) is 4.74 Å². The molecule has 1 aliphatic rings. The molecule has 1 aromatic heterocycles. The van der Waals surface area contributed by atoms with Crippen LogP contribution in [0.3, 0.4) is 0 Å². The van der Waals surface area contributed by atoms with Crippen LogP contribution in [0, 0.1) is 0 Å². The summed E-state index contributed by atoms with van der Waals surface area (Å²) < 4.78 is 9.47. The fourth-order valence-corrected chi connectivity index (χ4v) is 2.15. The molecular weight excluding hydrogens is 258 g/mol. The number of rotatable bonds is 3. The molecule has 0 unspecified atom stereocenters. The van der Waals surface area contributed by atoms with Gasteiger partial charge in [0.2, 0.25) is 0 Å². The van der Waals surface area contributed by atoms with Crippen molar-refractivity contribution in [1.29, 1.82) is 0 Å². The summed E-state index contributed by atoms with van der Waals surface area (Å²) in [6.07, 6.45) is 2.92. The molecule has 18 heavy (non-hydrogen) atoms. The van der Waals surface area contributed by atoms with E-state index in [9.17, 15) is 14.4 Å². The first-order chi connectivity index (χ1) is 8.61. The van der Waals surface area contributed by atoms with E-state index in [1.165, 1.54) is 19.4 Å². The van der Waals surface area contributed by atoms with Crippen LogP contribution in [0.2, 0.25) is 0 Å². The van der Waals surface area contributed by atoms with E-state index < -0.39 is 17.1 Å². The van der Waals surface area contributed by atoms with Gasteiger partial charge < -0.3 is 9.15 Å². The molecule has 0 saturated carbocycles. The van der Waals surface area contributed by atoms with Crippen molar-refractivity contribution < 1.29 is 23.5 Å². The van der Waals surface area contributed by atoms with Crippen molar-refractivity contribution >= 4 is 35.0 Å². The van der Waals surface area contributed by atoms with Crippen LogP contribution in [0.15, 0.2) is 27.7 Å². The monoisotopic (exact) mass is 267 g/mol. The molecule has 1 aromatic rings. The number of amides is 2. The summed E-state index contributed by atoms with van der Waals surface area (Å²) in [5.74, 6) is -0.693. The van der Waals surface area contributed by atoms with Gasteiger partial charge in [0.05, 0.1) is 18.3 Å². The van der Waals surface area contributed by atoms with Gasteiger partial charge in [-0.15, -0.1) is 0 Å². The number of carbonyl (C=O) groups excluding carboxylic acids is 3. The van der Waals surface area contributed by atoms with Gasteiger partial charge >= 0.3 is 5.97 Å². The minimum absolute atomic E-state index is 0.221. The van der Waals surface area contributed by atoms with E-state index in [0.717, 1.165) is 16.7 Å². The number of ether oxygens (including phenoxy) is 1. The average Bonchev–Trinajstić information content (AvgIpc) is 2.94. The van der Waals surface area contributed by atoms with Crippen molar-refractivity contribution in [3.63, 3.8) is 0 Å². The molecule has 6 nitrogen and oxygen atoms in total. The quantitative estimate of drug-likeness (QED) is 0.610. The minimum Gasteiger partial charge on any atom is -0.468 e. The molecule has 1 aliphatic heterocycles. The number of carbonyl (C=O) groups is 3. The lowest BCUT2D eigenvalue weighted by Crippen LogP contribution is -2.34. The molecule has 7 heteroatoms. The Morgan fingerprint density at radius 1 is 1.56 bits per heavy atom. The van der Waals surface area contributed by atoms with Gasteiger partial charge in [-0.1, -0.05) is 0 Å². The molecule has 2 rings (SSSR count). The summed E-state index contributed by atoms with van der Waals surface area (Å²) in [4.78, 5) is 35.6. The van der Waals surface area contributed by atoms with Gasteiger partial charge in [-0.25, -0.2) is 0 Å². The molecule has 1 fully saturated rings. The second-order valence-electron chi connectivity index (χ2n) is 3.36. The van der Waals surface area contributed by atoms with Crippen molar-refractivity contribution in [1.82, 2.24) is 4.90 Å². The zero-order valence-electron chi connectivity index (χ0n) is 9.41. The van der Waals surface area contributed by atoms with Crippen LogP contribution >= 0.6 is 11.8 Å². The molecule has 1 saturated heterocycles. The molecular formula is C11H9NO5S. The fraction of sp³-hybridized carbons (Fsp3) is 0.182. The van der Waals surface area contributed by atoms with Crippen molar-refractivity contribution in [2.75, 3.05) is 13.7 Å². The Labute approximate surface area is 107 Å². The third-order valence-electron chi connectivity index (χ3n) is 2.21. The Bertz CT molecular complexity index is 520. The number of thioether (sulfide) groups is 1. The molecule has 2 amide bonds. The minimum atomic E-state index is -0.642. The first-order valence-corrected chi connectivity index (χ1v) is 5.79. The number of hydrogen-bond donors (Lipinski definition) is 0. The van der Waals surface area contributed by atoms with Crippen LogP contribution in [0.4, 0.5) is 4.79 Å². The van der Waals surface area contributed by atoms with Gasteiger partial charge in [-0.2, -0.15) is 0 Å². The van der Waals surface area contributed by atoms with Gasteiger partial charge in [-0.05, 0) is 23.9 Å². The van der Waals surface area contributed by atoms with Gasteiger partial charge in [0.1, 0.15) is 12.3 Å². The lowest BCUT2D eigenvalue weighted by atomic mass is 10.3. The van der Waals surface area contributed by atoms with E-state index >= 15 is 0 Å². The zero-order chi connectivity index (χ0) is 13.1. The molecule has 94 valence electrons. The molecule has 0 atom stereocenters. The number of esters is 1. The highest BCUT2D eigenvalue weighted by Crippen LogP contribution is 2.31. The Hall–Kier alpha value is -2.02. The maximum atomic E-state index is 11.9. The van der Waals surface area contributed by atoms with Crippen molar-refractivity contribution in [2.24, 2.45) is 0 Å². The predicted octanol–water partition coefficient (Wildman–Crippen LogP) is 1.49. The first kappa shape index (κ1) is 12.4. The summed E-state index contributed by atoms with van der Waals surface area (Å²) >= 11 is 0.763. The van der Waals surface area contributed by atoms with Gasteiger partial charge in [0, 0.05) is 6.08 Å². The smallest absolute Gasteiger partial charge is 0.325 e. The second kappa shape index (κ2) is 5.09. The number of hydrogen-bond acceptors (Lipinski definition) is 6. The SMILES string of the molecule is COC(=O)CN1C(=O)SC(=Cc2ccco2)C1=O. The standard InChI is InChI=1S/C11H9NO5S/c1-16-9(13)6-12-10(14)8(18-11(12)15)5-7-3-2-4-17-7/h2-5H,6H2,1H3. The first-order valence-electron chi connectivity index (χ1n) is 4.97. The van der Waals surface area contributed by atoms with Crippen molar-refractivity contribution in [3.05, 3.63) is 29.1 Å². The molecule has 0 radical (unpaired) electrons. The summed E-state index contributed by atoms with van der Waals surface area (Å²) in [5.41, 5.74) is 0. The van der Waals surface area contributed by atoms with E-state index in [-0.39, 0.29) is 11.4 Å². The normalized spacial score (nSPS) is 17.6. The molecule has 2 heterocycles. The third kappa shape index (κ3) is 2.45. The molecule has 0 bridgehead atoms. The van der Waals surface area contributed by atoms with Crippen molar-refractivity contribution in [3.8, 4) is 0 Å². The summed E-state index contributed by atoms with van der Waals surface area (Å²) in [6.45, 7) is -0.378. The maximum absolute atomic E-state index is 11.9. The number of furan rings is 1. The average molecular weight is 267 g/mol. The topological polar surface area (TPSA) is 76.8 Å². The van der Waals surface area contributed by atoms with Crippen LogP contribution < -0.4 is 0 Å². The Morgan fingerprint density at radius 2 is 2.33 bits per heavy atom. The second-order valence-corrected chi connectivity index (χ2v) is 4.35. The van der Waals surface area contributed by atoms with Crippen LogP contribution in [0.5, 0.6) is 0 Å². The summed E-state index contributed by atoms with van der Waals surface area (Å²) in [7, 11) is 1.19. The highest BCUT2D eigenvalue weighted by atomic mass is 32.2. The molecule has 0 aromatic carbocycles. The predicted molar refractivity (Wildman–Crippen MR) is 63.4 cm³/mol. The summed E-state index contributed by atoms with van der Waals surface area (Å²) in [6, 6.07) is 3.33. The van der Waals surface area contributed by atoms with Crippen LogP contribution in [-0.2, 0) is 14.3 Å². The van der Waals surface area contributed by atoms with Crippen LogP contribution in [-0.4, -0.2) is 35.7 Å². The number of nitrogens with zero attached hydrogens (tertiary/aromatic N) is 1. The van der Waals surface area contributed by atoms with Crippen LogP contribution in [0.25, 0.3) is 6.08 Å². The van der Waals surface area contributed by atoms with E-state index in [4.69, 9.17) is 4.42 Å². The third-order valence-corrected chi connectivity index (χ3v) is 3.11.